The van der Waals surface area contributed by atoms with Gasteiger partial charge in [-0.25, -0.2) is 9.37 Å². The molecule has 7 heteroatoms. The third-order valence-electron chi connectivity index (χ3n) is 3.25. The number of carbonyl (C=O) groups excluding carboxylic acids is 1. The molecule has 0 spiro atoms. The Balaban J connectivity index is 1.98. The normalized spacial score (nSPS) is 10.6. The van der Waals surface area contributed by atoms with Crippen molar-refractivity contribution in [3.8, 4) is 11.5 Å². The van der Waals surface area contributed by atoms with Crippen LogP contribution in [0.15, 0.2) is 36.4 Å². The molecule has 0 bridgehead atoms. The Morgan fingerprint density at radius 2 is 1.83 bits per heavy atom. The number of amides is 1. The number of thiazole rings is 1. The average Bonchev–Trinajstić information content (AvgIpc) is 2.97. The van der Waals surface area contributed by atoms with Crippen molar-refractivity contribution in [2.24, 2.45) is 0 Å². The first-order valence-corrected chi connectivity index (χ1v) is 7.53. The molecule has 0 fully saturated rings. The molecule has 0 saturated heterocycles. The Morgan fingerprint density at radius 3 is 2.52 bits per heavy atom. The molecule has 0 aliphatic rings. The van der Waals surface area contributed by atoms with Gasteiger partial charge in [0.05, 0.1) is 19.8 Å². The van der Waals surface area contributed by atoms with E-state index in [-0.39, 0.29) is 5.56 Å². The summed E-state index contributed by atoms with van der Waals surface area (Å²) in [5.41, 5.74) is 0.548. The van der Waals surface area contributed by atoms with E-state index in [0.29, 0.717) is 22.1 Å². The lowest BCUT2D eigenvalue weighted by Crippen LogP contribution is -2.13. The molecular formula is C16H13FN2O3S. The van der Waals surface area contributed by atoms with Crippen molar-refractivity contribution < 1.29 is 18.7 Å². The van der Waals surface area contributed by atoms with Crippen LogP contribution in [0.4, 0.5) is 9.52 Å². The fourth-order valence-electron chi connectivity index (χ4n) is 2.15. The van der Waals surface area contributed by atoms with Crippen LogP contribution in [0.1, 0.15) is 10.4 Å². The fourth-order valence-corrected chi connectivity index (χ4v) is 3.12. The molecule has 0 atom stereocenters. The molecular weight excluding hydrogens is 319 g/mol. The third kappa shape index (κ3) is 2.83. The zero-order chi connectivity index (χ0) is 16.4. The first-order valence-electron chi connectivity index (χ1n) is 6.71. The molecule has 0 saturated carbocycles. The molecule has 1 aromatic heterocycles. The maximum absolute atomic E-state index is 13.7. The maximum atomic E-state index is 13.7. The highest BCUT2D eigenvalue weighted by Gasteiger charge is 2.17. The molecule has 1 heterocycles. The number of anilines is 1. The minimum atomic E-state index is -0.582. The molecule has 1 amide bonds. The van der Waals surface area contributed by atoms with E-state index in [1.54, 1.807) is 25.3 Å². The molecule has 0 radical (unpaired) electrons. The van der Waals surface area contributed by atoms with Crippen molar-refractivity contribution >= 4 is 32.6 Å². The van der Waals surface area contributed by atoms with Gasteiger partial charge >= 0.3 is 0 Å². The molecule has 0 aliphatic heterocycles. The number of aromatic nitrogens is 1. The fraction of sp³-hybridized carbons (Fsp3) is 0.125. The Hall–Kier alpha value is -2.67. The van der Waals surface area contributed by atoms with Crippen LogP contribution in [-0.2, 0) is 0 Å². The number of benzene rings is 2. The second-order valence-electron chi connectivity index (χ2n) is 4.60. The van der Waals surface area contributed by atoms with E-state index >= 15 is 0 Å². The van der Waals surface area contributed by atoms with Gasteiger partial charge in [0, 0.05) is 0 Å². The number of carbonyl (C=O) groups is 1. The second kappa shape index (κ2) is 6.21. The average molecular weight is 332 g/mol. The standard InChI is InChI=1S/C16H13FN2O3S/c1-21-11-7-8-12(22-2)14-13(11)18-16(23-14)19-15(20)9-5-3-4-6-10(9)17/h3-8H,1-2H3,(H,18,19,20). The van der Waals surface area contributed by atoms with Crippen molar-refractivity contribution in [3.63, 3.8) is 0 Å². The summed E-state index contributed by atoms with van der Waals surface area (Å²) in [6, 6.07) is 9.28. The molecule has 5 nitrogen and oxygen atoms in total. The van der Waals surface area contributed by atoms with Crippen LogP contribution in [0.3, 0.4) is 0 Å². The monoisotopic (exact) mass is 332 g/mol. The number of halogens is 1. The molecule has 1 N–H and O–H groups in total. The van der Waals surface area contributed by atoms with Gasteiger partial charge in [-0.05, 0) is 24.3 Å². The molecule has 23 heavy (non-hydrogen) atoms. The smallest absolute Gasteiger partial charge is 0.260 e. The van der Waals surface area contributed by atoms with Gasteiger partial charge < -0.3 is 9.47 Å². The highest BCUT2D eigenvalue weighted by atomic mass is 32.1. The van der Waals surface area contributed by atoms with Crippen LogP contribution in [-0.4, -0.2) is 25.1 Å². The number of fused-ring (bicyclic) bond motifs is 1. The topological polar surface area (TPSA) is 60.5 Å². The van der Waals surface area contributed by atoms with Crippen molar-refractivity contribution in [3.05, 3.63) is 47.8 Å². The van der Waals surface area contributed by atoms with Crippen LogP contribution in [0.25, 0.3) is 10.2 Å². The third-order valence-corrected chi connectivity index (χ3v) is 4.23. The first-order chi connectivity index (χ1) is 11.1. The molecule has 3 aromatic rings. The summed E-state index contributed by atoms with van der Waals surface area (Å²) in [6.45, 7) is 0. The lowest BCUT2D eigenvalue weighted by molar-refractivity contribution is 0.102. The van der Waals surface area contributed by atoms with Crippen LogP contribution < -0.4 is 14.8 Å². The summed E-state index contributed by atoms with van der Waals surface area (Å²) in [7, 11) is 3.09. The van der Waals surface area contributed by atoms with Gasteiger partial charge in [0.2, 0.25) is 0 Å². The van der Waals surface area contributed by atoms with Crippen molar-refractivity contribution in [1.29, 1.82) is 0 Å². The van der Waals surface area contributed by atoms with Gasteiger partial charge in [0.25, 0.3) is 5.91 Å². The molecule has 118 valence electrons. The Labute approximate surface area is 135 Å². The zero-order valence-electron chi connectivity index (χ0n) is 12.4. The number of nitrogens with zero attached hydrogens (tertiary/aromatic N) is 1. The predicted molar refractivity (Wildman–Crippen MR) is 87.1 cm³/mol. The molecule has 3 rings (SSSR count). The highest BCUT2D eigenvalue weighted by molar-refractivity contribution is 7.22. The summed E-state index contributed by atoms with van der Waals surface area (Å²) >= 11 is 1.24. The van der Waals surface area contributed by atoms with Gasteiger partial charge in [-0.2, -0.15) is 0 Å². The quantitative estimate of drug-likeness (QED) is 0.791. The van der Waals surface area contributed by atoms with E-state index in [9.17, 15) is 9.18 Å². The summed E-state index contributed by atoms with van der Waals surface area (Å²) in [5, 5.41) is 2.95. The van der Waals surface area contributed by atoms with Crippen LogP contribution in [0.2, 0.25) is 0 Å². The van der Waals surface area contributed by atoms with Crippen LogP contribution >= 0.6 is 11.3 Å². The van der Waals surface area contributed by atoms with Gasteiger partial charge in [0.1, 0.15) is 27.5 Å². The van der Waals surface area contributed by atoms with Gasteiger partial charge in [-0.1, -0.05) is 23.5 Å². The predicted octanol–water partition coefficient (Wildman–Crippen LogP) is 3.70. The maximum Gasteiger partial charge on any atom is 0.260 e. The van der Waals surface area contributed by atoms with Gasteiger partial charge in [-0.15, -0.1) is 0 Å². The van der Waals surface area contributed by atoms with E-state index < -0.39 is 11.7 Å². The number of methoxy groups -OCH3 is 2. The van der Waals surface area contributed by atoms with E-state index in [1.807, 2.05) is 0 Å². The van der Waals surface area contributed by atoms with E-state index in [4.69, 9.17) is 9.47 Å². The highest BCUT2D eigenvalue weighted by Crippen LogP contribution is 2.38. The van der Waals surface area contributed by atoms with Gasteiger partial charge in [0.15, 0.2) is 5.13 Å². The largest absolute Gasteiger partial charge is 0.495 e. The van der Waals surface area contributed by atoms with Crippen LogP contribution in [0, 0.1) is 5.82 Å². The SMILES string of the molecule is COc1ccc(OC)c2sc(NC(=O)c3ccccc3F)nc12. The summed E-state index contributed by atoms with van der Waals surface area (Å²) in [5.74, 6) is 0.0643. The molecule has 0 unspecified atom stereocenters. The van der Waals surface area contributed by atoms with Crippen molar-refractivity contribution in [1.82, 2.24) is 4.98 Å². The van der Waals surface area contributed by atoms with Crippen molar-refractivity contribution in [2.75, 3.05) is 19.5 Å². The number of ether oxygens (including phenoxy) is 2. The van der Waals surface area contributed by atoms with E-state index in [2.05, 4.69) is 10.3 Å². The molecule has 0 aliphatic carbocycles. The summed E-state index contributed by atoms with van der Waals surface area (Å²) < 4.78 is 25.0. The Bertz CT molecular complexity index is 838. The summed E-state index contributed by atoms with van der Waals surface area (Å²) in [6.07, 6.45) is 0. The lowest BCUT2D eigenvalue weighted by Gasteiger charge is -2.03. The van der Waals surface area contributed by atoms with Gasteiger partial charge in [-0.3, -0.25) is 10.1 Å². The summed E-state index contributed by atoms with van der Waals surface area (Å²) in [4.78, 5) is 16.5. The number of hydrogen-bond acceptors (Lipinski definition) is 5. The number of nitrogens with one attached hydrogen (secondary N) is 1. The molecule has 2 aromatic carbocycles. The minimum Gasteiger partial charge on any atom is -0.495 e. The number of hydrogen-bond donors (Lipinski definition) is 1. The van der Waals surface area contributed by atoms with E-state index in [0.717, 1.165) is 4.70 Å². The van der Waals surface area contributed by atoms with E-state index in [1.165, 1.54) is 36.6 Å². The lowest BCUT2D eigenvalue weighted by atomic mass is 10.2. The van der Waals surface area contributed by atoms with Crippen molar-refractivity contribution in [2.45, 2.75) is 0 Å². The zero-order valence-corrected chi connectivity index (χ0v) is 13.2. The first kappa shape index (κ1) is 15.2. The second-order valence-corrected chi connectivity index (χ2v) is 5.60. The number of rotatable bonds is 4. The van der Waals surface area contributed by atoms with Crippen LogP contribution in [0.5, 0.6) is 11.5 Å². The Morgan fingerprint density at radius 1 is 1.13 bits per heavy atom. The minimum absolute atomic E-state index is 0.0364. The Kier molecular flexibility index (Phi) is 4.12.